The number of carbonyl (C=O) groups is 2. The summed E-state index contributed by atoms with van der Waals surface area (Å²) < 4.78 is 10.6. The van der Waals surface area contributed by atoms with Gasteiger partial charge >= 0.3 is 5.97 Å². The Labute approximate surface area is 151 Å². The zero-order valence-electron chi connectivity index (χ0n) is 13.8. The van der Waals surface area contributed by atoms with Gasteiger partial charge in [-0.15, -0.1) is 0 Å². The Morgan fingerprint density at radius 1 is 1.24 bits per heavy atom. The molecule has 1 fully saturated rings. The van der Waals surface area contributed by atoms with Crippen molar-refractivity contribution >= 4 is 29.2 Å². The minimum absolute atomic E-state index is 0.0152. The molecule has 0 saturated carbocycles. The number of rotatable bonds is 5. The lowest BCUT2D eigenvalue weighted by Gasteiger charge is -2.18. The molecule has 6 heteroatoms. The summed E-state index contributed by atoms with van der Waals surface area (Å²) in [4.78, 5) is 25.9. The Kier molecular flexibility index (Phi) is 5.24. The number of carbonyl (C=O) groups excluding carboxylic acids is 2. The normalized spacial score (nSPS) is 13.8. The van der Waals surface area contributed by atoms with Crippen molar-refractivity contribution in [2.75, 3.05) is 18.6 Å². The standard InChI is InChI=1S/C19H18ClNO4/c1-24-17-6-3-2-5-14(17)12-25-19(23)13-8-9-15(20)16(11-13)21-10-4-7-18(21)22/h2-3,5-6,8-9,11H,4,7,10,12H2,1H3. The summed E-state index contributed by atoms with van der Waals surface area (Å²) in [6, 6.07) is 12.2. The molecule has 25 heavy (non-hydrogen) atoms. The van der Waals surface area contributed by atoms with Gasteiger partial charge < -0.3 is 14.4 Å². The van der Waals surface area contributed by atoms with Crippen LogP contribution in [-0.2, 0) is 16.1 Å². The molecule has 0 bridgehead atoms. The largest absolute Gasteiger partial charge is 0.496 e. The third-order valence-electron chi connectivity index (χ3n) is 4.10. The molecule has 1 aliphatic rings. The number of benzene rings is 2. The first-order valence-corrected chi connectivity index (χ1v) is 8.37. The SMILES string of the molecule is COc1ccccc1COC(=O)c1ccc(Cl)c(N2CCCC2=O)c1. The van der Waals surface area contributed by atoms with E-state index in [0.29, 0.717) is 35.0 Å². The number of methoxy groups -OCH3 is 1. The van der Waals surface area contributed by atoms with Crippen LogP contribution in [0.15, 0.2) is 42.5 Å². The Hall–Kier alpha value is -2.53. The molecule has 0 aromatic heterocycles. The van der Waals surface area contributed by atoms with Gasteiger partial charge in [0.15, 0.2) is 0 Å². The van der Waals surface area contributed by atoms with E-state index in [-0.39, 0.29) is 12.5 Å². The summed E-state index contributed by atoms with van der Waals surface area (Å²) >= 11 is 6.20. The molecular weight excluding hydrogens is 342 g/mol. The smallest absolute Gasteiger partial charge is 0.338 e. The maximum absolute atomic E-state index is 12.4. The highest BCUT2D eigenvalue weighted by molar-refractivity contribution is 6.34. The van der Waals surface area contributed by atoms with Crippen LogP contribution in [0.2, 0.25) is 5.02 Å². The predicted molar refractivity (Wildman–Crippen MR) is 95.2 cm³/mol. The third kappa shape index (κ3) is 3.77. The molecule has 1 saturated heterocycles. The van der Waals surface area contributed by atoms with Gasteiger partial charge in [-0.2, -0.15) is 0 Å². The second-order valence-electron chi connectivity index (χ2n) is 5.70. The lowest BCUT2D eigenvalue weighted by molar-refractivity contribution is -0.117. The molecule has 5 nitrogen and oxygen atoms in total. The van der Waals surface area contributed by atoms with E-state index in [1.54, 1.807) is 30.2 Å². The summed E-state index contributed by atoms with van der Waals surface area (Å²) in [6.07, 6.45) is 1.29. The van der Waals surface area contributed by atoms with Gasteiger partial charge in [0.2, 0.25) is 5.91 Å². The topological polar surface area (TPSA) is 55.8 Å². The molecule has 2 aromatic rings. The Morgan fingerprint density at radius 3 is 2.76 bits per heavy atom. The van der Waals surface area contributed by atoms with Gasteiger partial charge in [-0.1, -0.05) is 29.8 Å². The van der Waals surface area contributed by atoms with E-state index in [1.165, 1.54) is 0 Å². The van der Waals surface area contributed by atoms with Crippen molar-refractivity contribution in [3.63, 3.8) is 0 Å². The van der Waals surface area contributed by atoms with Crippen molar-refractivity contribution in [2.45, 2.75) is 19.4 Å². The van der Waals surface area contributed by atoms with Crippen molar-refractivity contribution in [1.82, 2.24) is 0 Å². The Morgan fingerprint density at radius 2 is 2.04 bits per heavy atom. The number of hydrogen-bond acceptors (Lipinski definition) is 4. The summed E-state index contributed by atoms with van der Waals surface area (Å²) in [5.41, 5.74) is 1.69. The number of hydrogen-bond donors (Lipinski definition) is 0. The predicted octanol–water partition coefficient (Wildman–Crippen LogP) is 3.83. The quantitative estimate of drug-likeness (QED) is 0.761. The molecule has 3 rings (SSSR count). The number of ether oxygens (including phenoxy) is 2. The summed E-state index contributed by atoms with van der Waals surface area (Å²) in [7, 11) is 1.57. The van der Waals surface area contributed by atoms with Gasteiger partial charge in [0.1, 0.15) is 12.4 Å². The second kappa shape index (κ2) is 7.57. The second-order valence-corrected chi connectivity index (χ2v) is 6.11. The molecule has 1 amide bonds. The van der Waals surface area contributed by atoms with E-state index in [4.69, 9.17) is 21.1 Å². The molecule has 2 aromatic carbocycles. The van der Waals surface area contributed by atoms with E-state index in [1.807, 2.05) is 24.3 Å². The number of para-hydroxylation sites is 1. The van der Waals surface area contributed by atoms with Crippen molar-refractivity contribution < 1.29 is 19.1 Å². The van der Waals surface area contributed by atoms with Gasteiger partial charge in [0.25, 0.3) is 0 Å². The first-order valence-electron chi connectivity index (χ1n) is 7.99. The van der Waals surface area contributed by atoms with E-state index >= 15 is 0 Å². The van der Waals surface area contributed by atoms with Crippen LogP contribution in [0.5, 0.6) is 5.75 Å². The van der Waals surface area contributed by atoms with Crippen LogP contribution in [-0.4, -0.2) is 25.5 Å². The van der Waals surface area contributed by atoms with Gasteiger partial charge in [0, 0.05) is 18.5 Å². The maximum Gasteiger partial charge on any atom is 0.338 e. The van der Waals surface area contributed by atoms with E-state index < -0.39 is 5.97 Å². The molecule has 0 spiro atoms. The van der Waals surface area contributed by atoms with Crippen LogP contribution in [0.3, 0.4) is 0 Å². The van der Waals surface area contributed by atoms with Crippen LogP contribution in [0.4, 0.5) is 5.69 Å². The molecule has 0 N–H and O–H groups in total. The minimum atomic E-state index is -0.476. The van der Waals surface area contributed by atoms with E-state index in [9.17, 15) is 9.59 Å². The van der Waals surface area contributed by atoms with Crippen molar-refractivity contribution in [1.29, 1.82) is 0 Å². The molecule has 1 aliphatic heterocycles. The summed E-state index contributed by atoms with van der Waals surface area (Å²) in [5.74, 6) is 0.201. The van der Waals surface area contributed by atoms with Gasteiger partial charge in [0.05, 0.1) is 23.4 Å². The lowest BCUT2D eigenvalue weighted by Crippen LogP contribution is -2.24. The van der Waals surface area contributed by atoms with Gasteiger partial charge in [-0.25, -0.2) is 4.79 Å². The fourth-order valence-corrected chi connectivity index (χ4v) is 3.02. The van der Waals surface area contributed by atoms with Crippen molar-refractivity contribution in [3.05, 3.63) is 58.6 Å². The van der Waals surface area contributed by atoms with Crippen LogP contribution in [0, 0.1) is 0 Å². The maximum atomic E-state index is 12.4. The fourth-order valence-electron chi connectivity index (χ4n) is 2.80. The highest BCUT2D eigenvalue weighted by atomic mass is 35.5. The highest BCUT2D eigenvalue weighted by Crippen LogP contribution is 2.30. The monoisotopic (exact) mass is 359 g/mol. The first-order chi connectivity index (χ1) is 12.1. The molecule has 0 aliphatic carbocycles. The van der Waals surface area contributed by atoms with Crippen LogP contribution >= 0.6 is 11.6 Å². The van der Waals surface area contributed by atoms with Crippen molar-refractivity contribution in [3.8, 4) is 5.75 Å². The average Bonchev–Trinajstić information content (AvgIpc) is 3.06. The number of esters is 1. The number of anilines is 1. The van der Waals surface area contributed by atoms with Gasteiger partial charge in [-0.3, -0.25) is 4.79 Å². The Bertz CT molecular complexity index is 806. The fraction of sp³-hybridized carbons (Fsp3) is 0.263. The molecular formula is C19H18ClNO4. The molecule has 0 radical (unpaired) electrons. The lowest BCUT2D eigenvalue weighted by atomic mass is 10.2. The van der Waals surface area contributed by atoms with E-state index in [2.05, 4.69) is 0 Å². The van der Waals surface area contributed by atoms with Gasteiger partial charge in [-0.05, 0) is 30.7 Å². The molecule has 130 valence electrons. The van der Waals surface area contributed by atoms with Crippen LogP contribution in [0.25, 0.3) is 0 Å². The average molecular weight is 360 g/mol. The first kappa shape index (κ1) is 17.3. The Balaban J connectivity index is 1.75. The zero-order chi connectivity index (χ0) is 17.8. The highest BCUT2D eigenvalue weighted by Gasteiger charge is 2.24. The third-order valence-corrected chi connectivity index (χ3v) is 4.42. The minimum Gasteiger partial charge on any atom is -0.496 e. The molecule has 1 heterocycles. The van der Waals surface area contributed by atoms with E-state index in [0.717, 1.165) is 12.0 Å². The molecule has 0 atom stereocenters. The van der Waals surface area contributed by atoms with Crippen molar-refractivity contribution in [2.24, 2.45) is 0 Å². The van der Waals surface area contributed by atoms with Crippen LogP contribution in [0.1, 0.15) is 28.8 Å². The number of nitrogens with zero attached hydrogens (tertiary/aromatic N) is 1. The zero-order valence-corrected chi connectivity index (χ0v) is 14.6. The number of halogens is 1. The summed E-state index contributed by atoms with van der Waals surface area (Å²) in [6.45, 7) is 0.710. The molecule has 0 unspecified atom stereocenters. The summed E-state index contributed by atoms with van der Waals surface area (Å²) in [5, 5.41) is 0.441. The number of amides is 1. The van der Waals surface area contributed by atoms with Crippen LogP contribution < -0.4 is 9.64 Å².